The molecule has 0 spiro atoms. The Morgan fingerprint density at radius 1 is 1.18 bits per heavy atom. The standard InChI is InChI=1S/C21H22ClF2NO3/c22-19-17(23)7-8-18(24)20(19)28-11-1-2-13-3-5-14(6-4-13)15-9-10-25-12-16(15)21(26)27/h3-8,15-16,25H,1-2,9-12H2,(H,26,27). The van der Waals surface area contributed by atoms with Crippen molar-refractivity contribution >= 4 is 17.6 Å². The van der Waals surface area contributed by atoms with E-state index in [9.17, 15) is 18.7 Å². The molecule has 1 heterocycles. The number of piperidine rings is 1. The zero-order valence-corrected chi connectivity index (χ0v) is 16.0. The molecule has 150 valence electrons. The highest BCUT2D eigenvalue weighted by Crippen LogP contribution is 2.32. The highest BCUT2D eigenvalue weighted by Gasteiger charge is 2.31. The van der Waals surface area contributed by atoms with E-state index in [0.29, 0.717) is 19.4 Å². The molecule has 1 saturated heterocycles. The number of ether oxygens (including phenoxy) is 1. The highest BCUT2D eigenvalue weighted by atomic mass is 35.5. The first kappa shape index (κ1) is 20.6. The Labute approximate surface area is 167 Å². The fraction of sp³-hybridized carbons (Fsp3) is 0.381. The van der Waals surface area contributed by atoms with E-state index in [1.165, 1.54) is 0 Å². The van der Waals surface area contributed by atoms with Crippen molar-refractivity contribution in [3.8, 4) is 5.75 Å². The second kappa shape index (κ2) is 9.34. The molecule has 0 saturated carbocycles. The Bertz CT molecular complexity index is 829. The summed E-state index contributed by atoms with van der Waals surface area (Å²) in [5.41, 5.74) is 2.10. The lowest BCUT2D eigenvalue weighted by Crippen LogP contribution is -2.39. The molecule has 2 aromatic rings. The zero-order chi connectivity index (χ0) is 20.1. The third-order valence-electron chi connectivity index (χ3n) is 5.07. The number of carboxylic acid groups (broad SMARTS) is 1. The zero-order valence-electron chi connectivity index (χ0n) is 15.3. The molecule has 2 atom stereocenters. The molecular weight excluding hydrogens is 388 g/mol. The summed E-state index contributed by atoms with van der Waals surface area (Å²) in [6.45, 7) is 1.50. The van der Waals surface area contributed by atoms with Crippen LogP contribution in [0.5, 0.6) is 5.75 Å². The Balaban J connectivity index is 1.54. The van der Waals surface area contributed by atoms with Gasteiger partial charge in [-0.05, 0) is 55.0 Å². The number of aliphatic carboxylic acids is 1. The lowest BCUT2D eigenvalue weighted by Gasteiger charge is -2.29. The van der Waals surface area contributed by atoms with Crippen LogP contribution in [0.3, 0.4) is 0 Å². The fourth-order valence-electron chi connectivity index (χ4n) is 3.54. The van der Waals surface area contributed by atoms with Gasteiger partial charge in [0.2, 0.25) is 0 Å². The summed E-state index contributed by atoms with van der Waals surface area (Å²) in [6, 6.07) is 9.86. The summed E-state index contributed by atoms with van der Waals surface area (Å²) < 4.78 is 32.4. The average Bonchev–Trinajstić information content (AvgIpc) is 2.71. The van der Waals surface area contributed by atoms with Crippen LogP contribution in [0.2, 0.25) is 5.02 Å². The summed E-state index contributed by atoms with van der Waals surface area (Å²) in [7, 11) is 0. The monoisotopic (exact) mass is 409 g/mol. The van der Waals surface area contributed by atoms with Gasteiger partial charge in [0, 0.05) is 6.54 Å². The lowest BCUT2D eigenvalue weighted by atomic mass is 9.81. The van der Waals surface area contributed by atoms with Crippen LogP contribution in [0.4, 0.5) is 8.78 Å². The maximum Gasteiger partial charge on any atom is 0.308 e. The van der Waals surface area contributed by atoms with Crippen LogP contribution in [-0.2, 0) is 11.2 Å². The van der Waals surface area contributed by atoms with Gasteiger partial charge in [0.05, 0.1) is 12.5 Å². The van der Waals surface area contributed by atoms with E-state index in [-0.39, 0.29) is 23.3 Å². The summed E-state index contributed by atoms with van der Waals surface area (Å²) >= 11 is 5.73. The van der Waals surface area contributed by atoms with Crippen molar-refractivity contribution in [1.29, 1.82) is 0 Å². The largest absolute Gasteiger partial charge is 0.489 e. The summed E-state index contributed by atoms with van der Waals surface area (Å²) in [6.07, 6.45) is 2.10. The van der Waals surface area contributed by atoms with Crippen molar-refractivity contribution in [3.63, 3.8) is 0 Å². The molecule has 3 rings (SSSR count). The second-order valence-corrected chi connectivity index (χ2v) is 7.29. The Morgan fingerprint density at radius 3 is 2.61 bits per heavy atom. The fourth-order valence-corrected chi connectivity index (χ4v) is 3.75. The minimum atomic E-state index is -0.776. The summed E-state index contributed by atoms with van der Waals surface area (Å²) in [4.78, 5) is 11.5. The number of hydrogen-bond donors (Lipinski definition) is 2. The molecule has 2 aromatic carbocycles. The number of nitrogens with one attached hydrogen (secondary N) is 1. The molecular formula is C21H22ClF2NO3. The summed E-state index contributed by atoms with van der Waals surface area (Å²) in [5, 5.41) is 12.2. The number of aryl methyl sites for hydroxylation is 1. The molecule has 2 N–H and O–H groups in total. The van der Waals surface area contributed by atoms with E-state index in [1.807, 2.05) is 24.3 Å². The molecule has 0 bridgehead atoms. The van der Waals surface area contributed by atoms with E-state index in [0.717, 1.165) is 36.2 Å². The van der Waals surface area contributed by atoms with Gasteiger partial charge in [-0.25, -0.2) is 8.78 Å². The van der Waals surface area contributed by atoms with Crippen molar-refractivity contribution in [2.24, 2.45) is 5.92 Å². The Morgan fingerprint density at radius 2 is 1.89 bits per heavy atom. The minimum absolute atomic E-state index is 0.00854. The normalized spacial score (nSPS) is 19.4. The maximum atomic E-state index is 13.7. The number of hydrogen-bond acceptors (Lipinski definition) is 3. The molecule has 4 nitrogen and oxygen atoms in total. The smallest absolute Gasteiger partial charge is 0.308 e. The number of rotatable bonds is 7. The first-order valence-electron chi connectivity index (χ1n) is 9.26. The lowest BCUT2D eigenvalue weighted by molar-refractivity contribution is -0.142. The molecule has 1 fully saturated rings. The molecule has 0 radical (unpaired) electrons. The molecule has 2 unspecified atom stereocenters. The Hall–Kier alpha value is -2.18. The SMILES string of the molecule is O=C(O)C1CNCCC1c1ccc(CCCOc2c(F)ccc(F)c2Cl)cc1. The van der Waals surface area contributed by atoms with Gasteiger partial charge in [-0.1, -0.05) is 35.9 Å². The molecule has 0 aromatic heterocycles. The first-order chi connectivity index (χ1) is 13.5. The van der Waals surface area contributed by atoms with Gasteiger partial charge in [0.25, 0.3) is 0 Å². The first-order valence-corrected chi connectivity index (χ1v) is 9.64. The van der Waals surface area contributed by atoms with E-state index in [4.69, 9.17) is 16.3 Å². The van der Waals surface area contributed by atoms with E-state index in [1.54, 1.807) is 0 Å². The van der Waals surface area contributed by atoms with Crippen LogP contribution in [0.25, 0.3) is 0 Å². The highest BCUT2D eigenvalue weighted by molar-refractivity contribution is 6.32. The molecule has 0 aliphatic carbocycles. The number of halogens is 3. The van der Waals surface area contributed by atoms with Crippen molar-refractivity contribution < 1.29 is 23.4 Å². The quantitative estimate of drug-likeness (QED) is 0.525. The maximum absolute atomic E-state index is 13.7. The van der Waals surface area contributed by atoms with Gasteiger partial charge in [-0.15, -0.1) is 0 Å². The van der Waals surface area contributed by atoms with Crippen LogP contribution < -0.4 is 10.1 Å². The van der Waals surface area contributed by atoms with E-state index < -0.39 is 23.5 Å². The van der Waals surface area contributed by atoms with Crippen molar-refractivity contribution in [2.75, 3.05) is 19.7 Å². The van der Waals surface area contributed by atoms with Crippen molar-refractivity contribution in [3.05, 3.63) is 64.2 Å². The Kier molecular flexibility index (Phi) is 6.86. The number of carbonyl (C=O) groups is 1. The van der Waals surface area contributed by atoms with Gasteiger partial charge in [-0.2, -0.15) is 0 Å². The third-order valence-corrected chi connectivity index (χ3v) is 5.42. The van der Waals surface area contributed by atoms with Crippen LogP contribution in [0.15, 0.2) is 36.4 Å². The number of benzene rings is 2. The average molecular weight is 410 g/mol. The van der Waals surface area contributed by atoms with Gasteiger partial charge in [0.15, 0.2) is 11.6 Å². The molecule has 0 amide bonds. The van der Waals surface area contributed by atoms with Crippen LogP contribution >= 0.6 is 11.6 Å². The van der Waals surface area contributed by atoms with Gasteiger partial charge < -0.3 is 15.2 Å². The van der Waals surface area contributed by atoms with E-state index >= 15 is 0 Å². The molecule has 1 aliphatic rings. The van der Waals surface area contributed by atoms with Crippen LogP contribution in [-0.4, -0.2) is 30.8 Å². The van der Waals surface area contributed by atoms with Crippen molar-refractivity contribution in [1.82, 2.24) is 5.32 Å². The van der Waals surface area contributed by atoms with Gasteiger partial charge in [0.1, 0.15) is 10.8 Å². The topological polar surface area (TPSA) is 58.6 Å². The predicted octanol–water partition coefficient (Wildman–Crippen LogP) is 4.41. The van der Waals surface area contributed by atoms with Crippen LogP contribution in [0.1, 0.15) is 29.9 Å². The number of carboxylic acids is 1. The van der Waals surface area contributed by atoms with Gasteiger partial charge in [-0.3, -0.25) is 4.79 Å². The van der Waals surface area contributed by atoms with Gasteiger partial charge >= 0.3 is 5.97 Å². The summed E-state index contributed by atoms with van der Waals surface area (Å²) in [5.74, 6) is -2.85. The molecule has 7 heteroatoms. The molecule has 28 heavy (non-hydrogen) atoms. The minimum Gasteiger partial charge on any atom is -0.489 e. The molecule has 1 aliphatic heterocycles. The van der Waals surface area contributed by atoms with E-state index in [2.05, 4.69) is 5.32 Å². The predicted molar refractivity (Wildman–Crippen MR) is 103 cm³/mol. The van der Waals surface area contributed by atoms with Crippen molar-refractivity contribution in [2.45, 2.75) is 25.2 Å². The van der Waals surface area contributed by atoms with Crippen LogP contribution in [0, 0.1) is 17.6 Å². The third kappa shape index (κ3) is 4.80. The second-order valence-electron chi connectivity index (χ2n) is 6.91.